The highest BCUT2D eigenvalue weighted by Gasteiger charge is 2.34. The number of para-hydroxylation sites is 1. The normalized spacial score (nSPS) is 11.4. The third kappa shape index (κ3) is 5.80. The van der Waals surface area contributed by atoms with Crippen molar-refractivity contribution in [3.63, 3.8) is 0 Å². The molecule has 0 unspecified atom stereocenters. The van der Waals surface area contributed by atoms with Crippen LogP contribution in [0.15, 0.2) is 24.3 Å². The summed E-state index contributed by atoms with van der Waals surface area (Å²) in [6, 6.07) is 4.31. The molecule has 1 amide bonds. The number of benzene rings is 1. The number of halogens is 3. The Morgan fingerprint density at radius 2 is 1.87 bits per heavy atom. The van der Waals surface area contributed by atoms with Crippen LogP contribution in [0.5, 0.6) is 5.75 Å². The zero-order valence-electron chi connectivity index (χ0n) is 12.8. The Kier molecular flexibility index (Phi) is 6.41. The fourth-order valence-electron chi connectivity index (χ4n) is 1.94. The first-order chi connectivity index (χ1) is 10.6. The second-order valence-corrected chi connectivity index (χ2v) is 5.11. The van der Waals surface area contributed by atoms with E-state index in [4.69, 9.17) is 9.84 Å². The number of carbonyl (C=O) groups excluding carboxylic acids is 1. The maximum Gasteiger partial charge on any atom is 0.419 e. The van der Waals surface area contributed by atoms with Gasteiger partial charge in [0.1, 0.15) is 5.75 Å². The van der Waals surface area contributed by atoms with Crippen LogP contribution in [0.1, 0.15) is 25.8 Å². The molecule has 0 aliphatic rings. The minimum Gasteiger partial charge on any atom is -0.483 e. The van der Waals surface area contributed by atoms with Crippen LogP contribution in [0.4, 0.5) is 13.2 Å². The molecule has 0 radical (unpaired) electrons. The molecule has 0 atom stereocenters. The Balaban J connectivity index is 2.76. The quantitative estimate of drug-likeness (QED) is 0.833. The number of carboxylic acid groups (broad SMARTS) is 1. The monoisotopic (exact) mass is 333 g/mol. The van der Waals surface area contributed by atoms with Crippen LogP contribution in [0.25, 0.3) is 0 Å². The lowest BCUT2D eigenvalue weighted by atomic mass is 10.2. The van der Waals surface area contributed by atoms with Gasteiger partial charge in [0.15, 0.2) is 6.61 Å². The first-order valence-corrected chi connectivity index (χ1v) is 6.93. The smallest absolute Gasteiger partial charge is 0.419 e. The van der Waals surface area contributed by atoms with Crippen LogP contribution in [0.2, 0.25) is 0 Å². The third-order valence-electron chi connectivity index (χ3n) is 3.05. The Morgan fingerprint density at radius 3 is 2.39 bits per heavy atom. The number of hydrogen-bond donors (Lipinski definition) is 1. The molecule has 23 heavy (non-hydrogen) atoms. The summed E-state index contributed by atoms with van der Waals surface area (Å²) in [7, 11) is 0. The van der Waals surface area contributed by atoms with Gasteiger partial charge in [-0.3, -0.25) is 9.59 Å². The second-order valence-electron chi connectivity index (χ2n) is 5.11. The molecule has 1 aromatic rings. The highest BCUT2D eigenvalue weighted by atomic mass is 19.4. The average molecular weight is 333 g/mol. The standard InChI is InChI=1S/C15H18F3NO4/c1-10(2)19(8-7-14(21)22)13(20)9-23-12-6-4-3-5-11(12)15(16,17)18/h3-6,10H,7-9H2,1-2H3,(H,21,22). The highest BCUT2D eigenvalue weighted by Crippen LogP contribution is 2.35. The van der Waals surface area contributed by atoms with E-state index in [0.29, 0.717) is 0 Å². The molecule has 0 bridgehead atoms. The molecule has 0 aliphatic heterocycles. The summed E-state index contributed by atoms with van der Waals surface area (Å²) in [6.07, 6.45) is -4.83. The van der Waals surface area contributed by atoms with E-state index < -0.39 is 36.0 Å². The van der Waals surface area contributed by atoms with Crippen molar-refractivity contribution in [3.05, 3.63) is 29.8 Å². The molecule has 0 fully saturated rings. The van der Waals surface area contributed by atoms with Crippen molar-refractivity contribution in [1.29, 1.82) is 0 Å². The number of carbonyl (C=O) groups is 2. The lowest BCUT2D eigenvalue weighted by Crippen LogP contribution is -2.41. The molecule has 0 saturated carbocycles. The van der Waals surface area contributed by atoms with Crippen LogP contribution < -0.4 is 4.74 Å². The van der Waals surface area contributed by atoms with Crippen molar-refractivity contribution < 1.29 is 32.6 Å². The minimum absolute atomic E-state index is 0.0316. The summed E-state index contributed by atoms with van der Waals surface area (Å²) in [5, 5.41) is 8.67. The summed E-state index contributed by atoms with van der Waals surface area (Å²) in [6.45, 7) is 2.74. The molecular weight excluding hydrogens is 315 g/mol. The fourth-order valence-corrected chi connectivity index (χ4v) is 1.94. The van der Waals surface area contributed by atoms with Crippen molar-refractivity contribution in [3.8, 4) is 5.75 Å². The van der Waals surface area contributed by atoms with Crippen molar-refractivity contribution in [2.45, 2.75) is 32.5 Å². The molecule has 0 saturated heterocycles. The van der Waals surface area contributed by atoms with Gasteiger partial charge in [-0.2, -0.15) is 13.2 Å². The summed E-state index contributed by atoms with van der Waals surface area (Å²) in [4.78, 5) is 23.9. The molecule has 128 valence electrons. The maximum absolute atomic E-state index is 12.8. The molecule has 0 aromatic heterocycles. The molecule has 1 N–H and O–H groups in total. The zero-order chi connectivity index (χ0) is 17.6. The van der Waals surface area contributed by atoms with Crippen LogP contribution in [-0.2, 0) is 15.8 Å². The van der Waals surface area contributed by atoms with Gasteiger partial charge in [0.2, 0.25) is 0 Å². The number of amides is 1. The molecule has 8 heteroatoms. The predicted molar refractivity (Wildman–Crippen MR) is 76.0 cm³/mol. The molecule has 5 nitrogen and oxygen atoms in total. The van der Waals surface area contributed by atoms with Gasteiger partial charge in [0.05, 0.1) is 12.0 Å². The zero-order valence-corrected chi connectivity index (χ0v) is 12.8. The highest BCUT2D eigenvalue weighted by molar-refractivity contribution is 5.78. The van der Waals surface area contributed by atoms with Gasteiger partial charge in [-0.25, -0.2) is 0 Å². The molecule has 0 spiro atoms. The number of carboxylic acids is 1. The summed E-state index contributed by atoms with van der Waals surface area (Å²) < 4.78 is 43.5. The molecule has 0 aliphatic carbocycles. The van der Waals surface area contributed by atoms with Gasteiger partial charge in [-0.15, -0.1) is 0 Å². The first-order valence-electron chi connectivity index (χ1n) is 6.93. The van der Waals surface area contributed by atoms with Gasteiger partial charge in [-0.05, 0) is 26.0 Å². The van der Waals surface area contributed by atoms with Crippen molar-refractivity contribution in [2.75, 3.05) is 13.2 Å². The molecule has 1 aromatic carbocycles. The Morgan fingerprint density at radius 1 is 1.26 bits per heavy atom. The number of alkyl halides is 3. The molecule has 0 heterocycles. The third-order valence-corrected chi connectivity index (χ3v) is 3.05. The van der Waals surface area contributed by atoms with Gasteiger partial charge in [0, 0.05) is 12.6 Å². The number of hydrogen-bond acceptors (Lipinski definition) is 3. The van der Waals surface area contributed by atoms with Gasteiger partial charge < -0.3 is 14.7 Å². The minimum atomic E-state index is -4.58. The predicted octanol–water partition coefficient (Wildman–Crippen LogP) is 2.80. The lowest BCUT2D eigenvalue weighted by Gasteiger charge is -2.26. The van der Waals surface area contributed by atoms with Crippen LogP contribution in [0, 0.1) is 0 Å². The van der Waals surface area contributed by atoms with Crippen LogP contribution in [0.3, 0.4) is 0 Å². The van der Waals surface area contributed by atoms with Crippen LogP contribution in [-0.4, -0.2) is 41.1 Å². The Hall–Kier alpha value is -2.25. The SMILES string of the molecule is CC(C)N(CCC(=O)O)C(=O)COc1ccccc1C(F)(F)F. The lowest BCUT2D eigenvalue weighted by molar-refractivity contribution is -0.143. The fraction of sp³-hybridized carbons (Fsp3) is 0.467. The number of nitrogens with zero attached hydrogens (tertiary/aromatic N) is 1. The van der Waals surface area contributed by atoms with Crippen molar-refractivity contribution in [2.24, 2.45) is 0 Å². The summed E-state index contributed by atoms with van der Waals surface area (Å²) in [5.41, 5.74) is -0.963. The van der Waals surface area contributed by atoms with Crippen LogP contribution >= 0.6 is 0 Å². The summed E-state index contributed by atoms with van der Waals surface area (Å²) in [5.74, 6) is -2.07. The Bertz CT molecular complexity index is 558. The van der Waals surface area contributed by atoms with E-state index >= 15 is 0 Å². The number of rotatable bonds is 7. The van der Waals surface area contributed by atoms with E-state index in [1.165, 1.54) is 17.0 Å². The van der Waals surface area contributed by atoms with E-state index in [-0.39, 0.29) is 19.0 Å². The molecule has 1 rings (SSSR count). The van der Waals surface area contributed by atoms with E-state index in [2.05, 4.69) is 0 Å². The van der Waals surface area contributed by atoms with E-state index in [1.807, 2.05) is 0 Å². The van der Waals surface area contributed by atoms with Gasteiger partial charge in [0.25, 0.3) is 5.91 Å². The van der Waals surface area contributed by atoms with Crippen molar-refractivity contribution in [1.82, 2.24) is 4.90 Å². The number of ether oxygens (including phenoxy) is 1. The van der Waals surface area contributed by atoms with E-state index in [9.17, 15) is 22.8 Å². The second kappa shape index (κ2) is 7.85. The number of aliphatic carboxylic acids is 1. The van der Waals surface area contributed by atoms with E-state index in [1.54, 1.807) is 13.8 Å². The van der Waals surface area contributed by atoms with Gasteiger partial charge in [-0.1, -0.05) is 12.1 Å². The van der Waals surface area contributed by atoms with Gasteiger partial charge >= 0.3 is 12.1 Å². The topological polar surface area (TPSA) is 66.8 Å². The summed E-state index contributed by atoms with van der Waals surface area (Å²) >= 11 is 0. The van der Waals surface area contributed by atoms with E-state index in [0.717, 1.165) is 12.1 Å². The maximum atomic E-state index is 12.8. The Labute approximate surface area is 131 Å². The average Bonchev–Trinajstić information content (AvgIpc) is 2.44. The first kappa shape index (κ1) is 18.8. The van der Waals surface area contributed by atoms with Crippen molar-refractivity contribution >= 4 is 11.9 Å². The largest absolute Gasteiger partial charge is 0.483 e. The molecular formula is C15H18F3NO4.